The van der Waals surface area contributed by atoms with E-state index in [0.29, 0.717) is 42.8 Å². The molecule has 2 aliphatic rings. The van der Waals surface area contributed by atoms with Gasteiger partial charge in [0.25, 0.3) is 0 Å². The van der Waals surface area contributed by atoms with E-state index in [-0.39, 0.29) is 5.82 Å². The Morgan fingerprint density at radius 2 is 1.89 bits per heavy atom. The number of anilines is 1. The Kier molecular flexibility index (Phi) is 5.93. The number of halogens is 3. The van der Waals surface area contributed by atoms with Crippen LogP contribution in [-0.4, -0.2) is 44.8 Å². The van der Waals surface area contributed by atoms with Gasteiger partial charge in [-0.15, -0.1) is 0 Å². The predicted octanol–water partition coefficient (Wildman–Crippen LogP) is 5.24. The summed E-state index contributed by atoms with van der Waals surface area (Å²) in [6, 6.07) is 9.40. The summed E-state index contributed by atoms with van der Waals surface area (Å²) in [5.74, 6) is 1.84. The highest BCUT2D eigenvalue weighted by Gasteiger charge is 2.35. The number of hydrogen-bond acceptors (Lipinski definition) is 7. The number of rotatable bonds is 6. The largest absolute Gasteiger partial charge is 0.488 e. The van der Waals surface area contributed by atoms with Gasteiger partial charge in [-0.3, -0.25) is 4.98 Å². The molecule has 0 radical (unpaired) electrons. The lowest BCUT2D eigenvalue weighted by Crippen LogP contribution is -2.32. The molecule has 1 aliphatic heterocycles. The van der Waals surface area contributed by atoms with Crippen LogP contribution in [0.2, 0.25) is 0 Å². The Labute approximate surface area is 217 Å². The average Bonchev–Trinajstić information content (AvgIpc) is 3.69. The third-order valence-corrected chi connectivity index (χ3v) is 6.81. The second-order valence-electron chi connectivity index (χ2n) is 9.48. The van der Waals surface area contributed by atoms with Crippen LogP contribution in [0.15, 0.2) is 49.1 Å². The van der Waals surface area contributed by atoms with E-state index in [1.165, 1.54) is 10.9 Å². The van der Waals surface area contributed by atoms with Gasteiger partial charge in [-0.25, -0.2) is 15.0 Å². The zero-order valence-electron chi connectivity index (χ0n) is 20.9. The molecule has 1 fully saturated rings. The highest BCUT2D eigenvalue weighted by atomic mass is 19.4. The van der Waals surface area contributed by atoms with Gasteiger partial charge in [0.05, 0.1) is 42.5 Å². The monoisotopic (exact) mass is 522 g/mol. The van der Waals surface area contributed by atoms with Gasteiger partial charge in [0.15, 0.2) is 11.4 Å². The zero-order valence-corrected chi connectivity index (χ0v) is 20.9. The number of hydrogen-bond donors (Lipinski definition) is 0. The molecule has 0 unspecified atom stereocenters. The molecule has 0 bridgehead atoms. The van der Waals surface area contributed by atoms with E-state index < -0.39 is 11.9 Å². The third-order valence-electron chi connectivity index (χ3n) is 6.81. The van der Waals surface area contributed by atoms with E-state index in [9.17, 15) is 13.2 Å². The lowest BCUT2D eigenvalue weighted by Gasteiger charge is -2.31. The van der Waals surface area contributed by atoms with Crippen molar-refractivity contribution in [3.8, 4) is 34.3 Å². The average molecular weight is 523 g/mol. The maximum Gasteiger partial charge on any atom is 0.434 e. The van der Waals surface area contributed by atoms with Gasteiger partial charge >= 0.3 is 6.18 Å². The summed E-state index contributed by atoms with van der Waals surface area (Å²) in [6.45, 7) is 1.78. The van der Waals surface area contributed by atoms with E-state index in [4.69, 9.17) is 9.47 Å². The van der Waals surface area contributed by atoms with Gasteiger partial charge in [0, 0.05) is 31.3 Å². The summed E-state index contributed by atoms with van der Waals surface area (Å²) in [5, 5.41) is 0. The number of nitrogens with zero attached hydrogens (tertiary/aromatic N) is 6. The van der Waals surface area contributed by atoms with Crippen LogP contribution in [0.5, 0.6) is 11.6 Å². The number of imidazole rings is 1. The van der Waals surface area contributed by atoms with Crippen LogP contribution in [0.4, 0.5) is 18.9 Å². The summed E-state index contributed by atoms with van der Waals surface area (Å²) >= 11 is 0. The van der Waals surface area contributed by atoms with Crippen molar-refractivity contribution in [3.05, 3.63) is 66.0 Å². The Morgan fingerprint density at radius 1 is 1.11 bits per heavy atom. The first-order valence-electron chi connectivity index (χ1n) is 12.3. The van der Waals surface area contributed by atoms with E-state index in [2.05, 4.69) is 24.8 Å². The van der Waals surface area contributed by atoms with Crippen molar-refractivity contribution in [3.63, 3.8) is 0 Å². The van der Waals surface area contributed by atoms with Crippen LogP contribution < -0.4 is 14.4 Å². The first kappa shape index (κ1) is 24.2. The normalized spacial score (nSPS) is 15.2. The molecule has 0 N–H and O–H groups in total. The fourth-order valence-electron chi connectivity index (χ4n) is 4.77. The molecule has 11 heteroatoms. The Hall–Kier alpha value is -4.15. The number of pyridine rings is 1. The van der Waals surface area contributed by atoms with Crippen LogP contribution in [0.1, 0.15) is 35.7 Å². The van der Waals surface area contributed by atoms with Crippen molar-refractivity contribution in [1.82, 2.24) is 24.5 Å². The quantitative estimate of drug-likeness (QED) is 0.343. The van der Waals surface area contributed by atoms with Crippen LogP contribution in [-0.2, 0) is 19.8 Å². The smallest absolute Gasteiger partial charge is 0.434 e. The van der Waals surface area contributed by atoms with E-state index in [0.717, 1.165) is 47.2 Å². The molecule has 6 rings (SSSR count). The number of aromatic nitrogens is 5. The molecule has 1 aliphatic carbocycles. The Bertz CT molecular complexity index is 1480. The van der Waals surface area contributed by atoms with Crippen molar-refractivity contribution in [2.75, 3.05) is 25.2 Å². The molecule has 8 nitrogen and oxygen atoms in total. The number of benzene rings is 1. The molecule has 0 spiro atoms. The maximum absolute atomic E-state index is 13.1. The molecular weight excluding hydrogens is 497 g/mol. The number of fused-ring (bicyclic) bond motifs is 1. The first-order valence-corrected chi connectivity index (χ1v) is 12.3. The first-order chi connectivity index (χ1) is 18.3. The molecule has 1 aromatic carbocycles. The van der Waals surface area contributed by atoms with Gasteiger partial charge in [0.2, 0.25) is 5.88 Å². The van der Waals surface area contributed by atoms with Crippen LogP contribution in [0, 0.1) is 0 Å². The van der Waals surface area contributed by atoms with Gasteiger partial charge in [0.1, 0.15) is 18.8 Å². The molecule has 38 heavy (non-hydrogen) atoms. The van der Waals surface area contributed by atoms with Crippen molar-refractivity contribution in [2.45, 2.75) is 31.5 Å². The zero-order chi connectivity index (χ0) is 26.4. The number of ether oxygens (including phenoxy) is 2. The highest BCUT2D eigenvalue weighted by molar-refractivity contribution is 5.74. The summed E-state index contributed by atoms with van der Waals surface area (Å²) < 4.78 is 52.1. The lowest BCUT2D eigenvalue weighted by atomic mass is 10.1. The number of methoxy groups -OCH3 is 1. The molecule has 0 amide bonds. The summed E-state index contributed by atoms with van der Waals surface area (Å²) in [7, 11) is 3.15. The Morgan fingerprint density at radius 3 is 2.58 bits per heavy atom. The molecule has 196 valence electrons. The fraction of sp³-hybridized carbons (Fsp3) is 0.333. The summed E-state index contributed by atoms with van der Waals surface area (Å²) in [5.41, 5.74) is 4.10. The number of aryl methyl sites for hydroxylation is 1. The maximum atomic E-state index is 13.1. The van der Waals surface area contributed by atoms with Gasteiger partial charge < -0.3 is 18.9 Å². The van der Waals surface area contributed by atoms with Crippen LogP contribution in [0.3, 0.4) is 0 Å². The predicted molar refractivity (Wildman–Crippen MR) is 134 cm³/mol. The lowest BCUT2D eigenvalue weighted by molar-refractivity contribution is -0.140. The second-order valence-corrected chi connectivity index (χ2v) is 9.48. The van der Waals surface area contributed by atoms with Gasteiger partial charge in [-0.1, -0.05) is 24.3 Å². The van der Waals surface area contributed by atoms with Gasteiger partial charge in [-0.05, 0) is 24.5 Å². The van der Waals surface area contributed by atoms with Gasteiger partial charge in [-0.2, -0.15) is 13.2 Å². The SMILES string of the molecule is COc1ncnc(C2CC2)c1-c1cc2c(cn1)OCCN2Cc1ccc(-c2nc(C(F)(F)F)cn2C)cc1. The topological polar surface area (TPSA) is 78.2 Å². The van der Waals surface area contributed by atoms with Crippen LogP contribution in [0.25, 0.3) is 22.6 Å². The molecular formula is C27H25F3N6O2. The molecule has 3 aromatic heterocycles. The molecule has 1 saturated carbocycles. The van der Waals surface area contributed by atoms with E-state index in [1.54, 1.807) is 32.5 Å². The molecule has 0 atom stereocenters. The van der Waals surface area contributed by atoms with Crippen molar-refractivity contribution >= 4 is 5.69 Å². The minimum atomic E-state index is -4.48. The molecule has 4 aromatic rings. The van der Waals surface area contributed by atoms with Crippen molar-refractivity contribution < 1.29 is 22.6 Å². The fourth-order valence-corrected chi connectivity index (χ4v) is 4.77. The summed E-state index contributed by atoms with van der Waals surface area (Å²) in [6.07, 6.45) is 1.94. The van der Waals surface area contributed by atoms with E-state index in [1.807, 2.05) is 18.2 Å². The standard InChI is InChI=1S/C27H25F3N6O2/c1-35-14-22(27(28,29)30)34-25(35)18-5-3-16(4-6-18)13-36-9-10-38-21-12-31-19(11-20(21)36)23-24(17-7-8-17)32-15-33-26(23)37-2/h3-6,11-12,14-15,17H,7-10,13H2,1-2H3. The minimum Gasteiger partial charge on any atom is -0.488 e. The van der Waals surface area contributed by atoms with E-state index >= 15 is 0 Å². The highest BCUT2D eigenvalue weighted by Crippen LogP contribution is 2.46. The second kappa shape index (κ2) is 9.30. The Balaban J connectivity index is 1.28. The minimum absolute atomic E-state index is 0.266. The number of alkyl halides is 3. The summed E-state index contributed by atoms with van der Waals surface area (Å²) in [4.78, 5) is 19.5. The van der Waals surface area contributed by atoms with Crippen molar-refractivity contribution in [2.24, 2.45) is 7.05 Å². The van der Waals surface area contributed by atoms with Crippen molar-refractivity contribution in [1.29, 1.82) is 0 Å². The molecule has 0 saturated heterocycles. The third kappa shape index (κ3) is 4.52. The van der Waals surface area contributed by atoms with Crippen LogP contribution >= 0.6 is 0 Å². The molecule has 4 heterocycles.